The van der Waals surface area contributed by atoms with E-state index in [0.717, 1.165) is 54.1 Å². The van der Waals surface area contributed by atoms with Crippen LogP contribution in [0.4, 0.5) is 21.5 Å². The predicted octanol–water partition coefficient (Wildman–Crippen LogP) is 3.63. The highest BCUT2D eigenvalue weighted by molar-refractivity contribution is 5.96. The zero-order valence-electron chi connectivity index (χ0n) is 20.0. The van der Waals surface area contributed by atoms with Crippen molar-refractivity contribution in [2.24, 2.45) is 0 Å². The lowest BCUT2D eigenvalue weighted by Gasteiger charge is -2.27. The molecule has 2 heterocycles. The van der Waals surface area contributed by atoms with Crippen molar-refractivity contribution in [3.63, 3.8) is 0 Å². The molecule has 5 rings (SSSR count). The van der Waals surface area contributed by atoms with Gasteiger partial charge >= 0.3 is 0 Å². The van der Waals surface area contributed by atoms with E-state index in [0.29, 0.717) is 13.1 Å². The van der Waals surface area contributed by atoms with Crippen LogP contribution in [0.25, 0.3) is 0 Å². The van der Waals surface area contributed by atoms with Gasteiger partial charge in [0.25, 0.3) is 0 Å². The molecule has 186 valence electrons. The number of anilines is 3. The zero-order valence-corrected chi connectivity index (χ0v) is 20.0. The van der Waals surface area contributed by atoms with Crippen molar-refractivity contribution in [1.82, 2.24) is 10.6 Å². The molecule has 3 aromatic carbocycles. The highest BCUT2D eigenvalue weighted by Gasteiger charge is 2.25. The number of rotatable bonds is 9. The maximum atomic E-state index is 13.6. The van der Waals surface area contributed by atoms with E-state index >= 15 is 0 Å². The minimum atomic E-state index is -0.277. The molecular formula is C28H30FN5O2. The Balaban J connectivity index is 1.25. The second-order valence-corrected chi connectivity index (χ2v) is 9.30. The summed E-state index contributed by atoms with van der Waals surface area (Å²) >= 11 is 0. The van der Waals surface area contributed by atoms with Crippen LogP contribution in [0.15, 0.2) is 72.8 Å². The average molecular weight is 488 g/mol. The molecule has 0 saturated carbocycles. The molecule has 0 aromatic heterocycles. The second kappa shape index (κ2) is 10.9. The molecule has 2 amide bonds. The Labute approximate surface area is 210 Å². The molecular weight excluding hydrogens is 457 g/mol. The van der Waals surface area contributed by atoms with E-state index in [-0.39, 0.29) is 29.7 Å². The van der Waals surface area contributed by atoms with E-state index in [4.69, 9.17) is 0 Å². The summed E-state index contributed by atoms with van der Waals surface area (Å²) in [5.41, 5.74) is 4.56. The van der Waals surface area contributed by atoms with Gasteiger partial charge in [0, 0.05) is 30.2 Å². The Bertz CT molecular complexity index is 1120. The average Bonchev–Trinajstić information content (AvgIpc) is 2.79. The molecule has 4 N–H and O–H groups in total. The first-order valence-electron chi connectivity index (χ1n) is 12.3. The van der Waals surface area contributed by atoms with Gasteiger partial charge in [-0.3, -0.25) is 9.59 Å². The molecule has 2 fully saturated rings. The summed E-state index contributed by atoms with van der Waals surface area (Å²) in [7, 11) is 0. The van der Waals surface area contributed by atoms with Crippen molar-refractivity contribution in [2.75, 3.05) is 28.6 Å². The summed E-state index contributed by atoms with van der Waals surface area (Å²) in [6.45, 7) is 2.98. The van der Waals surface area contributed by atoms with Crippen molar-refractivity contribution in [2.45, 2.75) is 38.0 Å². The number of carbonyl (C=O) groups is 2. The number of nitrogens with one attached hydrogen (secondary N) is 4. The van der Waals surface area contributed by atoms with Crippen molar-refractivity contribution in [1.29, 1.82) is 0 Å². The van der Waals surface area contributed by atoms with Crippen LogP contribution in [-0.2, 0) is 22.7 Å². The Morgan fingerprint density at radius 1 is 0.722 bits per heavy atom. The molecule has 3 aromatic rings. The number of benzene rings is 3. The predicted molar refractivity (Wildman–Crippen MR) is 139 cm³/mol. The molecule has 2 aliphatic rings. The molecule has 0 aliphatic carbocycles. The first kappa shape index (κ1) is 24.0. The lowest BCUT2D eigenvalue weighted by molar-refractivity contribution is -0.120. The number of hydrogen-bond donors (Lipinski definition) is 4. The molecule has 7 nitrogen and oxygen atoms in total. The Morgan fingerprint density at radius 3 is 1.50 bits per heavy atom. The third kappa shape index (κ3) is 5.90. The molecule has 36 heavy (non-hydrogen) atoms. The van der Waals surface area contributed by atoms with Crippen molar-refractivity contribution in [3.8, 4) is 0 Å². The highest BCUT2D eigenvalue weighted by atomic mass is 19.1. The number of nitrogens with zero attached hydrogens (tertiary/aromatic N) is 1. The van der Waals surface area contributed by atoms with Gasteiger partial charge in [-0.05, 0) is 85.6 Å². The Kier molecular flexibility index (Phi) is 7.25. The molecule has 0 spiro atoms. The van der Waals surface area contributed by atoms with E-state index < -0.39 is 0 Å². The van der Waals surface area contributed by atoms with Crippen LogP contribution in [0.1, 0.15) is 24.0 Å². The van der Waals surface area contributed by atoms with Crippen LogP contribution in [0.5, 0.6) is 0 Å². The van der Waals surface area contributed by atoms with Crippen molar-refractivity contribution in [3.05, 3.63) is 89.7 Å². The normalized spacial score (nSPS) is 18.5. The summed E-state index contributed by atoms with van der Waals surface area (Å²) in [6.07, 6.45) is 1.73. The van der Waals surface area contributed by atoms with Gasteiger partial charge in [0.2, 0.25) is 11.8 Å². The van der Waals surface area contributed by atoms with Crippen LogP contribution in [0, 0.1) is 5.82 Å². The fourth-order valence-corrected chi connectivity index (χ4v) is 4.20. The zero-order chi connectivity index (χ0) is 24.9. The molecule has 2 aliphatic heterocycles. The minimum Gasteiger partial charge on any atom is -0.363 e. The van der Waals surface area contributed by atoms with Crippen LogP contribution in [-0.4, -0.2) is 37.0 Å². The van der Waals surface area contributed by atoms with Gasteiger partial charge < -0.3 is 26.2 Å². The third-order valence-corrected chi connectivity index (χ3v) is 6.66. The molecule has 2 saturated heterocycles. The van der Waals surface area contributed by atoms with Gasteiger partial charge in [-0.1, -0.05) is 24.3 Å². The van der Waals surface area contributed by atoms with Gasteiger partial charge in [0.05, 0.1) is 12.1 Å². The van der Waals surface area contributed by atoms with Crippen molar-refractivity contribution >= 4 is 28.9 Å². The van der Waals surface area contributed by atoms with Crippen LogP contribution in [0.3, 0.4) is 0 Å². The lowest BCUT2D eigenvalue weighted by atomic mass is 10.1. The molecule has 8 heteroatoms. The molecule has 2 atom stereocenters. The summed E-state index contributed by atoms with van der Waals surface area (Å²) in [5, 5.41) is 12.1. The number of carbonyl (C=O) groups excluding carboxylic acids is 2. The SMILES string of the molecule is O=C(Nc1ccc(CN(Cc2ccc(NC(=O)C3CCN3)cc2)c2ccc(F)cc2)cc1)C1CCN1. The molecule has 0 radical (unpaired) electrons. The summed E-state index contributed by atoms with van der Waals surface area (Å²) in [6, 6.07) is 21.9. The summed E-state index contributed by atoms with van der Waals surface area (Å²) in [5.74, 6) is -0.295. The number of halogens is 1. The van der Waals surface area contributed by atoms with Gasteiger partial charge in [-0.2, -0.15) is 0 Å². The van der Waals surface area contributed by atoms with E-state index in [1.54, 1.807) is 12.1 Å². The fraction of sp³-hybridized carbons (Fsp3) is 0.286. The molecule has 2 unspecified atom stereocenters. The second-order valence-electron chi connectivity index (χ2n) is 9.30. The fourth-order valence-electron chi connectivity index (χ4n) is 4.20. The van der Waals surface area contributed by atoms with E-state index in [1.807, 2.05) is 48.5 Å². The number of amides is 2. The van der Waals surface area contributed by atoms with Gasteiger partial charge in [0.1, 0.15) is 5.82 Å². The quantitative estimate of drug-likeness (QED) is 0.370. The van der Waals surface area contributed by atoms with Gasteiger partial charge in [-0.25, -0.2) is 4.39 Å². The van der Waals surface area contributed by atoms with E-state index in [2.05, 4.69) is 26.2 Å². The minimum absolute atomic E-state index is 0.00877. The maximum absolute atomic E-state index is 13.6. The van der Waals surface area contributed by atoms with Crippen molar-refractivity contribution < 1.29 is 14.0 Å². The highest BCUT2D eigenvalue weighted by Crippen LogP contribution is 2.23. The Hall–Kier alpha value is -3.75. The van der Waals surface area contributed by atoms with E-state index in [9.17, 15) is 14.0 Å². The van der Waals surface area contributed by atoms with Gasteiger partial charge in [0.15, 0.2) is 0 Å². The summed E-state index contributed by atoms with van der Waals surface area (Å²) < 4.78 is 13.6. The summed E-state index contributed by atoms with van der Waals surface area (Å²) in [4.78, 5) is 26.5. The van der Waals surface area contributed by atoms with Gasteiger partial charge in [-0.15, -0.1) is 0 Å². The largest absolute Gasteiger partial charge is 0.363 e. The Morgan fingerprint density at radius 2 is 1.14 bits per heavy atom. The third-order valence-electron chi connectivity index (χ3n) is 6.66. The number of hydrogen-bond acceptors (Lipinski definition) is 5. The standard InChI is InChI=1S/C28H30FN5O2/c29-21-5-11-24(12-6-21)34(17-19-1-7-22(8-2-19)32-27(35)25-13-15-30-25)18-20-3-9-23(10-4-20)33-28(36)26-14-16-31-26/h1-12,25-26,30-31H,13-18H2,(H,32,35)(H,33,36). The lowest BCUT2D eigenvalue weighted by Crippen LogP contribution is -2.50. The monoisotopic (exact) mass is 487 g/mol. The van der Waals surface area contributed by atoms with Crippen LogP contribution >= 0.6 is 0 Å². The smallest absolute Gasteiger partial charge is 0.241 e. The first-order valence-corrected chi connectivity index (χ1v) is 12.3. The van der Waals surface area contributed by atoms with Crippen LogP contribution in [0.2, 0.25) is 0 Å². The molecule has 0 bridgehead atoms. The maximum Gasteiger partial charge on any atom is 0.241 e. The van der Waals surface area contributed by atoms with Crippen LogP contribution < -0.4 is 26.2 Å². The topological polar surface area (TPSA) is 85.5 Å². The van der Waals surface area contributed by atoms with E-state index in [1.165, 1.54) is 12.1 Å². The first-order chi connectivity index (χ1) is 17.5.